The van der Waals surface area contributed by atoms with Crippen molar-refractivity contribution in [3.05, 3.63) is 84.1 Å². The van der Waals surface area contributed by atoms with Crippen LogP contribution in [0.15, 0.2) is 72.9 Å². The molecule has 0 bridgehead atoms. The summed E-state index contributed by atoms with van der Waals surface area (Å²) in [6, 6.07) is 22.2. The topological polar surface area (TPSA) is 53.9 Å². The van der Waals surface area contributed by atoms with Crippen molar-refractivity contribution in [2.24, 2.45) is 7.05 Å². The van der Waals surface area contributed by atoms with E-state index in [2.05, 4.69) is 40.0 Å². The van der Waals surface area contributed by atoms with Crippen molar-refractivity contribution in [2.75, 3.05) is 19.0 Å². The zero-order chi connectivity index (χ0) is 21.5. The number of aromatic amines is 1. The Morgan fingerprint density at radius 3 is 2.58 bits per heavy atom. The molecule has 0 radical (unpaired) electrons. The molecule has 2 aromatic heterocycles. The molecule has 3 aromatic carbocycles. The van der Waals surface area contributed by atoms with Crippen LogP contribution in [0.3, 0.4) is 0 Å². The summed E-state index contributed by atoms with van der Waals surface area (Å²) in [7, 11) is 6.02. The third kappa shape index (κ3) is 3.59. The Morgan fingerprint density at radius 2 is 1.81 bits per heavy atom. The molecule has 1 N–H and O–H groups in total. The van der Waals surface area contributed by atoms with Crippen LogP contribution in [0.1, 0.15) is 15.9 Å². The first-order chi connectivity index (χ1) is 15.0. The minimum atomic E-state index is 0.110. The number of imidazole rings is 1. The highest BCUT2D eigenvalue weighted by atomic mass is 16.1. The van der Waals surface area contributed by atoms with E-state index in [1.54, 1.807) is 0 Å². The molecular weight excluding hydrogens is 384 g/mol. The van der Waals surface area contributed by atoms with Crippen LogP contribution in [0.5, 0.6) is 0 Å². The average Bonchev–Trinajstić information content (AvgIpc) is 3.36. The van der Waals surface area contributed by atoms with Crippen LogP contribution >= 0.6 is 0 Å². The average molecular weight is 409 g/mol. The number of carbonyl (C=O) groups is 1. The number of rotatable bonds is 5. The number of ketones is 1. The lowest BCUT2D eigenvalue weighted by Crippen LogP contribution is -2.09. The van der Waals surface area contributed by atoms with Gasteiger partial charge in [0.25, 0.3) is 0 Å². The Bertz CT molecular complexity index is 1410. The fraction of sp³-hybridized carbons (Fsp3) is 0.154. The number of fused-ring (bicyclic) bond motifs is 2. The van der Waals surface area contributed by atoms with E-state index < -0.39 is 0 Å². The van der Waals surface area contributed by atoms with Crippen molar-refractivity contribution in [3.8, 4) is 11.4 Å². The summed E-state index contributed by atoms with van der Waals surface area (Å²) in [6.07, 6.45) is 2.42. The van der Waals surface area contributed by atoms with E-state index in [1.165, 1.54) is 10.9 Å². The highest BCUT2D eigenvalue weighted by Crippen LogP contribution is 2.26. The Labute approximate surface area is 181 Å². The number of anilines is 1. The summed E-state index contributed by atoms with van der Waals surface area (Å²) in [6.45, 7) is 0. The lowest BCUT2D eigenvalue weighted by Gasteiger charge is -2.12. The van der Waals surface area contributed by atoms with Gasteiger partial charge in [0.15, 0.2) is 5.78 Å². The Kier molecular flexibility index (Phi) is 4.59. The first kappa shape index (κ1) is 19.1. The van der Waals surface area contributed by atoms with Gasteiger partial charge in [-0.15, -0.1) is 0 Å². The smallest absolute Gasteiger partial charge is 0.167 e. The highest BCUT2D eigenvalue weighted by molar-refractivity contribution is 5.98. The molecule has 154 valence electrons. The van der Waals surface area contributed by atoms with Gasteiger partial charge in [0.05, 0.1) is 11.0 Å². The number of H-pyrrole nitrogens is 1. The van der Waals surface area contributed by atoms with E-state index in [0.717, 1.165) is 39.2 Å². The molecule has 5 heteroatoms. The van der Waals surface area contributed by atoms with E-state index in [-0.39, 0.29) is 5.78 Å². The van der Waals surface area contributed by atoms with E-state index in [1.807, 2.05) is 68.5 Å². The lowest BCUT2D eigenvalue weighted by molar-refractivity contribution is 0.0993. The maximum Gasteiger partial charge on any atom is 0.167 e. The van der Waals surface area contributed by atoms with Crippen LogP contribution in [0.4, 0.5) is 5.69 Å². The molecule has 0 unspecified atom stereocenters. The van der Waals surface area contributed by atoms with E-state index in [9.17, 15) is 4.79 Å². The number of Topliss-reactive ketones (excluding diaryl/α,β-unsaturated/α-hetero) is 1. The van der Waals surface area contributed by atoms with Gasteiger partial charge in [-0.05, 0) is 59.5 Å². The molecule has 0 saturated heterocycles. The van der Waals surface area contributed by atoms with Gasteiger partial charge in [-0.1, -0.05) is 18.2 Å². The van der Waals surface area contributed by atoms with E-state index in [0.29, 0.717) is 6.42 Å². The van der Waals surface area contributed by atoms with Gasteiger partial charge in [0.1, 0.15) is 5.82 Å². The van der Waals surface area contributed by atoms with Crippen LogP contribution in [-0.2, 0) is 13.5 Å². The fourth-order valence-electron chi connectivity index (χ4n) is 3.95. The number of aryl methyl sites for hydroxylation is 1. The van der Waals surface area contributed by atoms with Crippen molar-refractivity contribution in [1.82, 2.24) is 14.5 Å². The predicted molar refractivity (Wildman–Crippen MR) is 127 cm³/mol. The SMILES string of the molecule is CN(C)c1ccc(C(=O)Cc2ccc3nc(-c4ccc5ccn(C)c5c4)[nH]c3c2)cc1. The molecule has 5 rings (SSSR count). The fourth-order valence-corrected chi connectivity index (χ4v) is 3.95. The minimum Gasteiger partial charge on any atom is -0.378 e. The summed E-state index contributed by atoms with van der Waals surface area (Å²) < 4.78 is 2.11. The summed E-state index contributed by atoms with van der Waals surface area (Å²) in [5.74, 6) is 0.944. The van der Waals surface area contributed by atoms with Crippen molar-refractivity contribution >= 4 is 33.4 Å². The number of nitrogens with zero attached hydrogens (tertiary/aromatic N) is 3. The van der Waals surface area contributed by atoms with Crippen LogP contribution in [0.2, 0.25) is 0 Å². The van der Waals surface area contributed by atoms with Gasteiger partial charge >= 0.3 is 0 Å². The molecule has 2 heterocycles. The van der Waals surface area contributed by atoms with Gasteiger partial charge in [-0.3, -0.25) is 4.79 Å². The van der Waals surface area contributed by atoms with Gasteiger partial charge < -0.3 is 14.5 Å². The summed E-state index contributed by atoms with van der Waals surface area (Å²) in [5, 5.41) is 1.21. The molecule has 0 fully saturated rings. The van der Waals surface area contributed by atoms with Crippen LogP contribution in [0.25, 0.3) is 33.3 Å². The molecule has 0 aliphatic rings. The zero-order valence-corrected chi connectivity index (χ0v) is 17.9. The number of carbonyl (C=O) groups excluding carboxylic acids is 1. The van der Waals surface area contributed by atoms with Crippen molar-refractivity contribution in [3.63, 3.8) is 0 Å². The monoisotopic (exact) mass is 408 g/mol. The first-order valence-corrected chi connectivity index (χ1v) is 10.3. The molecule has 0 atom stereocenters. The molecule has 0 amide bonds. The molecule has 0 aliphatic heterocycles. The molecule has 5 aromatic rings. The minimum absolute atomic E-state index is 0.110. The third-order valence-corrected chi connectivity index (χ3v) is 5.78. The molecule has 0 saturated carbocycles. The predicted octanol–water partition coefficient (Wildman–Crippen LogP) is 5.21. The van der Waals surface area contributed by atoms with Crippen LogP contribution in [0, 0.1) is 0 Å². The quantitative estimate of drug-likeness (QED) is 0.406. The van der Waals surface area contributed by atoms with Crippen molar-refractivity contribution < 1.29 is 4.79 Å². The third-order valence-electron chi connectivity index (χ3n) is 5.78. The number of hydrogen-bond donors (Lipinski definition) is 1. The molecule has 0 aliphatic carbocycles. The Balaban J connectivity index is 1.41. The highest BCUT2D eigenvalue weighted by Gasteiger charge is 2.11. The first-order valence-electron chi connectivity index (χ1n) is 10.3. The van der Waals surface area contributed by atoms with Crippen LogP contribution in [-0.4, -0.2) is 34.4 Å². The Morgan fingerprint density at radius 1 is 1.00 bits per heavy atom. The number of nitrogens with one attached hydrogen (secondary N) is 1. The standard InChI is InChI=1S/C26H24N4O/c1-29(2)21-9-7-19(8-10-21)25(31)15-17-4-11-22-23(14-17)28-26(27-22)20-6-5-18-12-13-30(3)24(18)16-20/h4-14,16H,15H2,1-3H3,(H,27,28). The normalized spacial score (nSPS) is 11.3. The molecule has 0 spiro atoms. The number of aromatic nitrogens is 3. The zero-order valence-electron chi connectivity index (χ0n) is 17.9. The maximum atomic E-state index is 12.7. The summed E-state index contributed by atoms with van der Waals surface area (Å²) in [4.78, 5) is 22.9. The second-order valence-corrected chi connectivity index (χ2v) is 8.18. The van der Waals surface area contributed by atoms with Crippen molar-refractivity contribution in [2.45, 2.75) is 6.42 Å². The molecular formula is C26H24N4O. The summed E-state index contributed by atoms with van der Waals surface area (Å²) >= 11 is 0. The van der Waals surface area contributed by atoms with Crippen molar-refractivity contribution in [1.29, 1.82) is 0 Å². The summed E-state index contributed by atoms with van der Waals surface area (Å²) in [5.41, 5.74) is 6.84. The van der Waals surface area contributed by atoms with E-state index >= 15 is 0 Å². The molecule has 31 heavy (non-hydrogen) atoms. The Hall–Kier alpha value is -3.86. The number of hydrogen-bond acceptors (Lipinski definition) is 3. The largest absolute Gasteiger partial charge is 0.378 e. The van der Waals surface area contributed by atoms with E-state index in [4.69, 9.17) is 4.98 Å². The van der Waals surface area contributed by atoms with Gasteiger partial charge in [-0.25, -0.2) is 4.98 Å². The van der Waals surface area contributed by atoms with Crippen LogP contribution < -0.4 is 4.90 Å². The second kappa shape index (κ2) is 7.43. The maximum absolute atomic E-state index is 12.7. The second-order valence-electron chi connectivity index (χ2n) is 8.18. The molecule has 5 nitrogen and oxygen atoms in total. The lowest BCUT2D eigenvalue weighted by atomic mass is 10.0. The van der Waals surface area contributed by atoms with Gasteiger partial charge in [-0.2, -0.15) is 0 Å². The number of benzene rings is 3. The van der Waals surface area contributed by atoms with Gasteiger partial charge in [0.2, 0.25) is 0 Å². The van der Waals surface area contributed by atoms with Gasteiger partial charge in [0, 0.05) is 56.1 Å².